The number of amides is 1. The number of nitrogens with zero attached hydrogens (tertiary/aromatic N) is 1. The molecular weight excluding hydrogens is 267 g/mol. The molecule has 0 unspecified atom stereocenters. The molecule has 0 radical (unpaired) electrons. The summed E-state index contributed by atoms with van der Waals surface area (Å²) in [7, 11) is 0. The van der Waals surface area contributed by atoms with Crippen molar-refractivity contribution in [2.45, 2.75) is 24.8 Å². The van der Waals surface area contributed by atoms with E-state index in [1.807, 2.05) is 0 Å². The largest absolute Gasteiger partial charge is 0.341 e. The number of hydrogen-bond acceptors (Lipinski definition) is 2. The van der Waals surface area contributed by atoms with Crippen LogP contribution in [-0.4, -0.2) is 29.9 Å². The molecular formula is C14H16ClFN2O. The molecule has 3 atom stereocenters. The Morgan fingerprint density at radius 1 is 1.47 bits per heavy atom. The number of rotatable bonds is 2. The molecule has 1 saturated heterocycles. The van der Waals surface area contributed by atoms with Gasteiger partial charge in [0.1, 0.15) is 5.82 Å². The predicted molar refractivity (Wildman–Crippen MR) is 71.4 cm³/mol. The summed E-state index contributed by atoms with van der Waals surface area (Å²) in [6.45, 7) is 1.33. The lowest BCUT2D eigenvalue weighted by molar-refractivity contribution is -0.131. The predicted octanol–water partition coefficient (Wildman–Crippen LogP) is 2.14. The van der Waals surface area contributed by atoms with E-state index in [0.29, 0.717) is 30.1 Å². The Morgan fingerprint density at radius 2 is 2.26 bits per heavy atom. The van der Waals surface area contributed by atoms with E-state index < -0.39 is 0 Å². The third kappa shape index (κ3) is 2.35. The summed E-state index contributed by atoms with van der Waals surface area (Å²) >= 11 is 6.03. The van der Waals surface area contributed by atoms with E-state index in [2.05, 4.69) is 0 Å². The van der Waals surface area contributed by atoms with E-state index in [9.17, 15) is 9.18 Å². The van der Waals surface area contributed by atoms with E-state index in [1.54, 1.807) is 17.0 Å². The maximum Gasteiger partial charge on any atom is 0.226 e. The SMILES string of the molecule is N[C@@H]1CCN(C(=O)[C@@H]2C[C@H]2c2c(F)cccc2Cl)C1. The van der Waals surface area contributed by atoms with Crippen molar-refractivity contribution in [3.63, 3.8) is 0 Å². The fraction of sp³-hybridized carbons (Fsp3) is 0.500. The molecule has 3 rings (SSSR count). The normalized spacial score (nSPS) is 29.6. The van der Waals surface area contributed by atoms with Gasteiger partial charge in [-0.3, -0.25) is 4.79 Å². The Kier molecular flexibility index (Phi) is 3.23. The topological polar surface area (TPSA) is 46.3 Å². The number of likely N-dealkylation sites (tertiary alicyclic amines) is 1. The summed E-state index contributed by atoms with van der Waals surface area (Å²) in [5, 5.41) is 0.415. The molecule has 1 aliphatic heterocycles. The zero-order chi connectivity index (χ0) is 13.6. The Morgan fingerprint density at radius 3 is 2.89 bits per heavy atom. The van der Waals surface area contributed by atoms with Crippen LogP contribution in [0, 0.1) is 11.7 Å². The van der Waals surface area contributed by atoms with Gasteiger partial charge in [0.05, 0.1) is 0 Å². The average molecular weight is 283 g/mol. The Hall–Kier alpha value is -1.13. The lowest BCUT2D eigenvalue weighted by Gasteiger charge is -2.16. The Labute approximate surface area is 116 Å². The van der Waals surface area contributed by atoms with Gasteiger partial charge in [0.25, 0.3) is 0 Å². The summed E-state index contributed by atoms with van der Waals surface area (Å²) in [5.74, 6) is -0.416. The van der Waals surface area contributed by atoms with Crippen LogP contribution in [0.1, 0.15) is 24.3 Å². The molecule has 5 heteroatoms. The first-order valence-corrected chi connectivity index (χ1v) is 6.94. The second-order valence-corrected chi connectivity index (χ2v) is 5.82. The highest BCUT2D eigenvalue weighted by atomic mass is 35.5. The van der Waals surface area contributed by atoms with Gasteiger partial charge in [0, 0.05) is 41.6 Å². The van der Waals surface area contributed by atoms with Crippen molar-refractivity contribution in [1.29, 1.82) is 0 Å². The van der Waals surface area contributed by atoms with Gasteiger partial charge < -0.3 is 10.6 Å². The molecule has 0 aromatic heterocycles. The monoisotopic (exact) mass is 282 g/mol. The van der Waals surface area contributed by atoms with Crippen molar-refractivity contribution in [2.75, 3.05) is 13.1 Å². The van der Waals surface area contributed by atoms with Crippen molar-refractivity contribution in [3.05, 3.63) is 34.6 Å². The minimum Gasteiger partial charge on any atom is -0.341 e. The van der Waals surface area contributed by atoms with Crippen molar-refractivity contribution in [3.8, 4) is 0 Å². The lowest BCUT2D eigenvalue weighted by Crippen LogP contribution is -2.33. The number of hydrogen-bond donors (Lipinski definition) is 1. The van der Waals surface area contributed by atoms with E-state index >= 15 is 0 Å². The van der Waals surface area contributed by atoms with E-state index in [0.717, 1.165) is 6.42 Å². The number of halogens is 2. The van der Waals surface area contributed by atoms with Crippen LogP contribution >= 0.6 is 11.6 Å². The average Bonchev–Trinajstić information content (AvgIpc) is 3.02. The van der Waals surface area contributed by atoms with Crippen LogP contribution in [0.5, 0.6) is 0 Å². The van der Waals surface area contributed by atoms with Crippen LogP contribution in [0.15, 0.2) is 18.2 Å². The molecule has 0 spiro atoms. The van der Waals surface area contributed by atoms with Gasteiger partial charge >= 0.3 is 0 Å². The molecule has 1 heterocycles. The van der Waals surface area contributed by atoms with Crippen LogP contribution < -0.4 is 5.73 Å². The van der Waals surface area contributed by atoms with Crippen molar-refractivity contribution in [2.24, 2.45) is 11.7 Å². The summed E-state index contributed by atoms with van der Waals surface area (Å²) in [4.78, 5) is 14.1. The molecule has 1 aromatic carbocycles. The third-order valence-electron chi connectivity index (χ3n) is 4.01. The number of carbonyl (C=O) groups is 1. The molecule has 1 amide bonds. The van der Waals surface area contributed by atoms with E-state index in [1.165, 1.54) is 6.07 Å². The lowest BCUT2D eigenvalue weighted by atomic mass is 10.1. The van der Waals surface area contributed by atoms with Gasteiger partial charge in [0.15, 0.2) is 0 Å². The molecule has 1 aliphatic carbocycles. The van der Waals surface area contributed by atoms with Gasteiger partial charge in [-0.2, -0.15) is 0 Å². The first kappa shape index (κ1) is 12.9. The maximum absolute atomic E-state index is 13.8. The second-order valence-electron chi connectivity index (χ2n) is 5.42. The number of benzene rings is 1. The standard InChI is InChI=1S/C14H16ClFN2O/c15-11-2-1-3-12(16)13(11)9-6-10(9)14(19)18-5-4-8(17)7-18/h1-3,8-10H,4-7,17H2/t8-,9-,10-/m1/s1. The van der Waals surface area contributed by atoms with Crippen LogP contribution in [0.3, 0.4) is 0 Å². The van der Waals surface area contributed by atoms with Crippen molar-refractivity contribution < 1.29 is 9.18 Å². The zero-order valence-electron chi connectivity index (χ0n) is 10.5. The molecule has 2 N–H and O–H groups in total. The van der Waals surface area contributed by atoms with Crippen LogP contribution in [0.4, 0.5) is 4.39 Å². The summed E-state index contributed by atoms with van der Waals surface area (Å²) < 4.78 is 13.8. The van der Waals surface area contributed by atoms with Gasteiger partial charge in [-0.25, -0.2) is 4.39 Å². The fourth-order valence-corrected chi connectivity index (χ4v) is 3.18. The Balaban J connectivity index is 1.72. The molecule has 102 valence electrons. The first-order valence-electron chi connectivity index (χ1n) is 6.56. The highest BCUT2D eigenvalue weighted by molar-refractivity contribution is 6.31. The highest BCUT2D eigenvalue weighted by Gasteiger charge is 2.48. The molecule has 1 aromatic rings. The minimum atomic E-state index is -0.314. The van der Waals surface area contributed by atoms with Crippen molar-refractivity contribution in [1.82, 2.24) is 4.90 Å². The Bertz CT molecular complexity index is 502. The van der Waals surface area contributed by atoms with Crippen molar-refractivity contribution >= 4 is 17.5 Å². The molecule has 2 aliphatic rings. The van der Waals surface area contributed by atoms with Crippen LogP contribution in [-0.2, 0) is 4.79 Å². The summed E-state index contributed by atoms with van der Waals surface area (Å²) in [6.07, 6.45) is 1.54. The first-order chi connectivity index (χ1) is 9.08. The summed E-state index contributed by atoms with van der Waals surface area (Å²) in [6, 6.07) is 4.73. The van der Waals surface area contributed by atoms with Crippen LogP contribution in [0.2, 0.25) is 5.02 Å². The smallest absolute Gasteiger partial charge is 0.226 e. The second kappa shape index (κ2) is 4.76. The quantitative estimate of drug-likeness (QED) is 0.903. The minimum absolute atomic E-state index is 0.0713. The van der Waals surface area contributed by atoms with Gasteiger partial charge in [-0.15, -0.1) is 0 Å². The molecule has 1 saturated carbocycles. The summed E-state index contributed by atoms with van der Waals surface area (Å²) in [5.41, 5.74) is 6.29. The van der Waals surface area contributed by atoms with Gasteiger partial charge in [0.2, 0.25) is 5.91 Å². The highest BCUT2D eigenvalue weighted by Crippen LogP contribution is 2.51. The van der Waals surface area contributed by atoms with E-state index in [-0.39, 0.29) is 29.6 Å². The maximum atomic E-state index is 13.8. The third-order valence-corrected chi connectivity index (χ3v) is 4.34. The number of nitrogens with two attached hydrogens (primary N) is 1. The molecule has 2 fully saturated rings. The molecule has 0 bridgehead atoms. The fourth-order valence-electron chi connectivity index (χ4n) is 2.87. The van der Waals surface area contributed by atoms with Crippen LogP contribution in [0.25, 0.3) is 0 Å². The molecule has 19 heavy (non-hydrogen) atoms. The number of carbonyl (C=O) groups excluding carboxylic acids is 1. The molecule has 3 nitrogen and oxygen atoms in total. The van der Waals surface area contributed by atoms with E-state index in [4.69, 9.17) is 17.3 Å². The zero-order valence-corrected chi connectivity index (χ0v) is 11.2. The van der Waals surface area contributed by atoms with Gasteiger partial charge in [-0.1, -0.05) is 17.7 Å². The van der Waals surface area contributed by atoms with Gasteiger partial charge in [-0.05, 0) is 25.0 Å².